The first-order chi connectivity index (χ1) is 12.0. The van der Waals surface area contributed by atoms with E-state index in [9.17, 15) is 9.59 Å². The van der Waals surface area contributed by atoms with Crippen LogP contribution in [0.3, 0.4) is 0 Å². The summed E-state index contributed by atoms with van der Waals surface area (Å²) < 4.78 is 6.95. The lowest BCUT2D eigenvalue weighted by molar-refractivity contribution is -0.148. The minimum atomic E-state index is -0.338. The number of ether oxygens (including phenoxy) is 1. The van der Waals surface area contributed by atoms with Gasteiger partial charge in [-0.15, -0.1) is 0 Å². The second-order valence-corrected chi connectivity index (χ2v) is 7.04. The molecule has 140 valence electrons. The molecule has 1 amide bonds. The van der Waals surface area contributed by atoms with Gasteiger partial charge in [0.1, 0.15) is 0 Å². The van der Waals surface area contributed by atoms with Crippen molar-refractivity contribution >= 4 is 11.9 Å². The summed E-state index contributed by atoms with van der Waals surface area (Å²) in [6.07, 6.45) is 9.03. The second kappa shape index (κ2) is 9.59. The number of amides is 1. The van der Waals surface area contributed by atoms with Crippen molar-refractivity contribution in [2.45, 2.75) is 77.7 Å². The molecule has 1 aromatic heterocycles. The Morgan fingerprint density at radius 1 is 1.16 bits per heavy atom. The third-order valence-electron chi connectivity index (χ3n) is 5.07. The molecule has 1 aliphatic rings. The van der Waals surface area contributed by atoms with Crippen LogP contribution in [0.2, 0.25) is 0 Å². The van der Waals surface area contributed by atoms with E-state index in [-0.39, 0.29) is 30.9 Å². The van der Waals surface area contributed by atoms with Crippen molar-refractivity contribution in [1.82, 2.24) is 15.1 Å². The summed E-state index contributed by atoms with van der Waals surface area (Å²) >= 11 is 0. The molecule has 0 aromatic carbocycles. The monoisotopic (exact) mass is 349 g/mol. The van der Waals surface area contributed by atoms with Crippen molar-refractivity contribution in [3.8, 4) is 0 Å². The minimum absolute atomic E-state index is 0.180. The highest BCUT2D eigenvalue weighted by Crippen LogP contribution is 2.17. The van der Waals surface area contributed by atoms with Crippen molar-refractivity contribution in [3.05, 3.63) is 17.0 Å². The van der Waals surface area contributed by atoms with Gasteiger partial charge in [0, 0.05) is 25.2 Å². The van der Waals surface area contributed by atoms with Crippen molar-refractivity contribution in [1.29, 1.82) is 0 Å². The summed E-state index contributed by atoms with van der Waals surface area (Å²) in [5.41, 5.74) is 3.08. The molecule has 0 bridgehead atoms. The van der Waals surface area contributed by atoms with Gasteiger partial charge in [0.15, 0.2) is 6.61 Å². The van der Waals surface area contributed by atoms with E-state index in [0.717, 1.165) is 42.6 Å². The second-order valence-electron chi connectivity index (χ2n) is 7.04. The largest absolute Gasteiger partial charge is 0.456 e. The molecule has 0 spiro atoms. The van der Waals surface area contributed by atoms with Crippen molar-refractivity contribution in [2.75, 3.05) is 6.61 Å². The zero-order valence-electron chi connectivity index (χ0n) is 15.8. The van der Waals surface area contributed by atoms with Crippen LogP contribution in [0.15, 0.2) is 0 Å². The summed E-state index contributed by atoms with van der Waals surface area (Å²) in [7, 11) is 1.89. The fourth-order valence-electron chi connectivity index (χ4n) is 3.49. The number of nitrogens with zero attached hydrogens (tertiary/aromatic N) is 2. The zero-order valence-corrected chi connectivity index (χ0v) is 15.8. The Morgan fingerprint density at radius 2 is 1.80 bits per heavy atom. The number of esters is 1. The third-order valence-corrected chi connectivity index (χ3v) is 5.07. The third kappa shape index (κ3) is 6.18. The van der Waals surface area contributed by atoms with E-state index in [1.54, 1.807) is 0 Å². The molecule has 1 aliphatic carbocycles. The molecule has 1 N–H and O–H groups in total. The molecule has 0 atom stereocenters. The average molecular weight is 349 g/mol. The number of carbonyl (C=O) groups excluding carboxylic acids is 2. The van der Waals surface area contributed by atoms with E-state index in [2.05, 4.69) is 10.4 Å². The van der Waals surface area contributed by atoms with E-state index in [1.165, 1.54) is 19.3 Å². The molecule has 25 heavy (non-hydrogen) atoms. The Kier molecular flexibility index (Phi) is 7.47. The van der Waals surface area contributed by atoms with Gasteiger partial charge in [0.25, 0.3) is 5.91 Å². The van der Waals surface area contributed by atoms with Gasteiger partial charge in [-0.25, -0.2) is 0 Å². The highest BCUT2D eigenvalue weighted by atomic mass is 16.5. The fourth-order valence-corrected chi connectivity index (χ4v) is 3.49. The molecule has 1 heterocycles. The van der Waals surface area contributed by atoms with Crippen LogP contribution in [-0.4, -0.2) is 34.3 Å². The molecule has 6 heteroatoms. The number of rotatable bonds is 6. The smallest absolute Gasteiger partial charge is 0.306 e. The fraction of sp³-hybridized carbons (Fsp3) is 0.737. The van der Waals surface area contributed by atoms with E-state index in [1.807, 2.05) is 25.6 Å². The van der Waals surface area contributed by atoms with E-state index in [4.69, 9.17) is 4.74 Å². The van der Waals surface area contributed by atoms with Gasteiger partial charge in [0.2, 0.25) is 0 Å². The van der Waals surface area contributed by atoms with Gasteiger partial charge in [-0.05, 0) is 38.7 Å². The molecule has 0 unspecified atom stereocenters. The number of carbonyl (C=O) groups is 2. The van der Waals surface area contributed by atoms with E-state index < -0.39 is 0 Å². The maximum Gasteiger partial charge on any atom is 0.306 e. The van der Waals surface area contributed by atoms with Gasteiger partial charge >= 0.3 is 5.97 Å². The first-order valence-electron chi connectivity index (χ1n) is 9.41. The SMILES string of the molecule is Cc1nn(C)c(C)c1CCC(=O)OCC(=O)NC1CCCCCCC1. The maximum absolute atomic E-state index is 12.0. The first kappa shape index (κ1) is 19.5. The lowest BCUT2D eigenvalue weighted by atomic mass is 9.97. The number of hydrogen-bond acceptors (Lipinski definition) is 4. The molecular formula is C19H31N3O3. The van der Waals surface area contributed by atoms with Crippen molar-refractivity contribution in [3.63, 3.8) is 0 Å². The minimum Gasteiger partial charge on any atom is -0.456 e. The molecule has 1 aromatic rings. The molecule has 6 nitrogen and oxygen atoms in total. The van der Waals surface area contributed by atoms with Crippen molar-refractivity contribution < 1.29 is 14.3 Å². The van der Waals surface area contributed by atoms with E-state index in [0.29, 0.717) is 6.42 Å². The summed E-state index contributed by atoms with van der Waals surface area (Å²) in [5, 5.41) is 7.35. The molecule has 2 rings (SSSR count). The summed E-state index contributed by atoms with van der Waals surface area (Å²) in [5.74, 6) is -0.525. The Labute approximate surface area is 150 Å². The normalized spacial score (nSPS) is 16.1. The van der Waals surface area contributed by atoms with Gasteiger partial charge in [-0.1, -0.05) is 32.1 Å². The Hall–Kier alpha value is -1.85. The zero-order chi connectivity index (χ0) is 18.2. The molecule has 0 saturated heterocycles. The summed E-state index contributed by atoms with van der Waals surface area (Å²) in [4.78, 5) is 23.9. The predicted molar refractivity (Wildman–Crippen MR) is 96.2 cm³/mol. The lowest BCUT2D eigenvalue weighted by Crippen LogP contribution is -2.38. The highest BCUT2D eigenvalue weighted by Gasteiger charge is 2.16. The van der Waals surface area contributed by atoms with Crippen LogP contribution in [-0.2, 0) is 27.8 Å². The topological polar surface area (TPSA) is 73.2 Å². The summed E-state index contributed by atoms with van der Waals surface area (Å²) in [6, 6.07) is 0.229. The number of hydrogen-bond donors (Lipinski definition) is 1. The van der Waals surface area contributed by atoms with Crippen LogP contribution in [0.1, 0.15) is 68.3 Å². The van der Waals surface area contributed by atoms with Crippen LogP contribution >= 0.6 is 0 Å². The molecule has 0 aliphatic heterocycles. The standard InChI is InChI=1S/C19H31N3O3/c1-14-17(15(2)22(3)21-14)11-12-19(24)25-13-18(23)20-16-9-7-5-4-6-8-10-16/h16H,4-13H2,1-3H3,(H,20,23). The Bertz CT molecular complexity index is 587. The maximum atomic E-state index is 12.0. The van der Waals surface area contributed by atoms with Crippen LogP contribution in [0.5, 0.6) is 0 Å². The van der Waals surface area contributed by atoms with Crippen LogP contribution in [0, 0.1) is 13.8 Å². The van der Waals surface area contributed by atoms with Crippen LogP contribution in [0.25, 0.3) is 0 Å². The average Bonchev–Trinajstić information content (AvgIpc) is 2.78. The van der Waals surface area contributed by atoms with Crippen LogP contribution in [0.4, 0.5) is 0 Å². The molecule has 0 radical (unpaired) electrons. The Balaban J connectivity index is 1.69. The molecule has 1 saturated carbocycles. The number of aryl methyl sites for hydroxylation is 2. The van der Waals surface area contributed by atoms with Gasteiger partial charge < -0.3 is 10.1 Å². The quantitative estimate of drug-likeness (QED) is 0.802. The van der Waals surface area contributed by atoms with Crippen molar-refractivity contribution in [2.24, 2.45) is 7.05 Å². The van der Waals surface area contributed by atoms with Crippen LogP contribution < -0.4 is 5.32 Å². The van der Waals surface area contributed by atoms with Gasteiger partial charge in [-0.3, -0.25) is 14.3 Å². The number of nitrogens with one attached hydrogen (secondary N) is 1. The predicted octanol–water partition coefficient (Wildman–Crippen LogP) is 2.74. The Morgan fingerprint density at radius 3 is 2.40 bits per heavy atom. The van der Waals surface area contributed by atoms with Gasteiger partial charge in [-0.2, -0.15) is 5.10 Å². The van der Waals surface area contributed by atoms with Gasteiger partial charge in [0.05, 0.1) is 5.69 Å². The number of aromatic nitrogens is 2. The first-order valence-corrected chi connectivity index (χ1v) is 9.41. The molecular weight excluding hydrogens is 318 g/mol. The van der Waals surface area contributed by atoms with E-state index >= 15 is 0 Å². The summed E-state index contributed by atoms with van der Waals surface area (Å²) in [6.45, 7) is 3.75. The highest BCUT2D eigenvalue weighted by molar-refractivity contribution is 5.80. The lowest BCUT2D eigenvalue weighted by Gasteiger charge is -2.20. The molecule has 1 fully saturated rings.